The molecule has 4 rings (SSSR count). The molecule has 1 saturated heterocycles. The quantitative estimate of drug-likeness (QED) is 0.785. The predicted octanol–water partition coefficient (Wildman–Crippen LogP) is 3.40. The van der Waals surface area contributed by atoms with Crippen molar-refractivity contribution < 1.29 is 5.11 Å². The Labute approximate surface area is 154 Å². The van der Waals surface area contributed by atoms with Gasteiger partial charge in [0.1, 0.15) is 6.10 Å². The number of β-amino-alcohol motifs (C(OH)–C–C–N with tert-alkyl or cyclic N) is 1. The maximum atomic E-state index is 10.6. The summed E-state index contributed by atoms with van der Waals surface area (Å²) in [5.74, 6) is 0. The van der Waals surface area contributed by atoms with Gasteiger partial charge in [-0.3, -0.25) is 9.88 Å². The first-order valence-electron chi connectivity index (χ1n) is 9.27. The van der Waals surface area contributed by atoms with E-state index in [-0.39, 0.29) is 0 Å². The fourth-order valence-electron chi connectivity index (χ4n) is 3.62. The van der Waals surface area contributed by atoms with E-state index in [1.165, 1.54) is 11.3 Å². The third kappa shape index (κ3) is 3.71. The number of benzene rings is 2. The lowest BCUT2D eigenvalue weighted by molar-refractivity contribution is 0.106. The van der Waals surface area contributed by atoms with Gasteiger partial charge in [0.2, 0.25) is 0 Å². The predicted molar refractivity (Wildman–Crippen MR) is 107 cm³/mol. The molecule has 0 saturated carbocycles. The van der Waals surface area contributed by atoms with E-state index in [9.17, 15) is 5.11 Å². The van der Waals surface area contributed by atoms with Crippen LogP contribution in [0.15, 0.2) is 60.7 Å². The summed E-state index contributed by atoms with van der Waals surface area (Å²) in [6.45, 7) is 6.65. The monoisotopic (exact) mass is 347 g/mol. The largest absolute Gasteiger partial charge is 0.385 e. The molecular formula is C22H25N3O. The number of aryl methyl sites for hydroxylation is 1. The van der Waals surface area contributed by atoms with E-state index in [4.69, 9.17) is 0 Å². The van der Waals surface area contributed by atoms with Crippen LogP contribution in [0.2, 0.25) is 0 Å². The average molecular weight is 347 g/mol. The number of aliphatic hydroxyl groups excluding tert-OH is 1. The van der Waals surface area contributed by atoms with Crippen molar-refractivity contribution in [2.45, 2.75) is 13.0 Å². The number of anilines is 1. The second kappa shape index (κ2) is 7.44. The number of rotatable bonds is 4. The van der Waals surface area contributed by atoms with Crippen LogP contribution in [0, 0.1) is 6.92 Å². The van der Waals surface area contributed by atoms with E-state index in [1.54, 1.807) is 0 Å². The first-order valence-corrected chi connectivity index (χ1v) is 9.27. The molecule has 0 radical (unpaired) electrons. The lowest BCUT2D eigenvalue weighted by Crippen LogP contribution is -2.47. The zero-order valence-corrected chi connectivity index (χ0v) is 15.2. The highest BCUT2D eigenvalue weighted by Crippen LogP contribution is 2.20. The van der Waals surface area contributed by atoms with Gasteiger partial charge in [0.15, 0.2) is 0 Å². The number of fused-ring (bicyclic) bond motifs is 1. The van der Waals surface area contributed by atoms with Crippen LogP contribution in [0.25, 0.3) is 10.9 Å². The van der Waals surface area contributed by atoms with E-state index < -0.39 is 6.10 Å². The number of nitrogens with zero attached hydrogens (tertiary/aromatic N) is 3. The van der Waals surface area contributed by atoms with Gasteiger partial charge in [0.25, 0.3) is 0 Å². The fraction of sp³-hybridized carbons (Fsp3) is 0.318. The molecule has 0 bridgehead atoms. The Morgan fingerprint density at radius 3 is 2.58 bits per heavy atom. The Morgan fingerprint density at radius 2 is 1.77 bits per heavy atom. The summed E-state index contributed by atoms with van der Waals surface area (Å²) in [6, 6.07) is 20.7. The van der Waals surface area contributed by atoms with Crippen molar-refractivity contribution in [1.82, 2.24) is 9.88 Å². The topological polar surface area (TPSA) is 39.6 Å². The molecule has 1 unspecified atom stereocenters. The van der Waals surface area contributed by atoms with Crippen LogP contribution in [0.3, 0.4) is 0 Å². The molecule has 1 aromatic heterocycles. The summed E-state index contributed by atoms with van der Waals surface area (Å²) >= 11 is 0. The number of piperazine rings is 1. The van der Waals surface area contributed by atoms with E-state index >= 15 is 0 Å². The molecule has 0 aliphatic carbocycles. The summed E-state index contributed by atoms with van der Waals surface area (Å²) < 4.78 is 0. The molecule has 1 aliphatic heterocycles. The molecule has 2 heterocycles. The maximum Gasteiger partial charge on any atom is 0.109 e. The highest BCUT2D eigenvalue weighted by atomic mass is 16.3. The van der Waals surface area contributed by atoms with Crippen LogP contribution in [0.4, 0.5) is 5.69 Å². The molecule has 4 nitrogen and oxygen atoms in total. The third-order valence-corrected chi connectivity index (χ3v) is 5.13. The van der Waals surface area contributed by atoms with E-state index in [0.717, 1.165) is 42.8 Å². The Kier molecular flexibility index (Phi) is 4.87. The smallest absolute Gasteiger partial charge is 0.109 e. The number of hydrogen-bond donors (Lipinski definition) is 1. The lowest BCUT2D eigenvalue weighted by Gasteiger charge is -2.37. The number of aliphatic hydroxyl groups is 1. The number of hydrogen-bond acceptors (Lipinski definition) is 4. The SMILES string of the molecule is Cc1cccc(N2CCN(CC(O)c3ccc4ccccc4n3)CC2)c1. The summed E-state index contributed by atoms with van der Waals surface area (Å²) in [6.07, 6.45) is -0.551. The first-order chi connectivity index (χ1) is 12.7. The molecule has 1 N–H and O–H groups in total. The molecule has 4 heteroatoms. The Morgan fingerprint density at radius 1 is 0.962 bits per heavy atom. The van der Waals surface area contributed by atoms with Crippen LogP contribution in [-0.4, -0.2) is 47.7 Å². The summed E-state index contributed by atoms with van der Waals surface area (Å²) in [7, 11) is 0. The van der Waals surface area contributed by atoms with Crippen LogP contribution < -0.4 is 4.90 Å². The summed E-state index contributed by atoms with van der Waals surface area (Å²) in [5.41, 5.74) is 4.28. The van der Waals surface area contributed by atoms with Crippen LogP contribution >= 0.6 is 0 Å². The molecule has 1 fully saturated rings. The van der Waals surface area contributed by atoms with Crippen molar-refractivity contribution in [3.8, 4) is 0 Å². The van der Waals surface area contributed by atoms with Gasteiger partial charge in [-0.2, -0.15) is 0 Å². The average Bonchev–Trinajstić information content (AvgIpc) is 2.68. The van der Waals surface area contributed by atoms with Gasteiger partial charge in [0.05, 0.1) is 11.2 Å². The number of pyridine rings is 1. The standard InChI is InChI=1S/C22H25N3O/c1-17-5-4-7-19(15-17)25-13-11-24(12-14-25)16-22(26)21-10-9-18-6-2-3-8-20(18)23-21/h2-10,15,22,26H,11-14,16H2,1H3. The van der Waals surface area contributed by atoms with Crippen LogP contribution in [-0.2, 0) is 0 Å². The zero-order valence-electron chi connectivity index (χ0n) is 15.2. The van der Waals surface area contributed by atoms with E-state index in [2.05, 4.69) is 46.0 Å². The normalized spacial score (nSPS) is 16.8. The molecule has 134 valence electrons. The first kappa shape index (κ1) is 17.0. The highest BCUT2D eigenvalue weighted by Gasteiger charge is 2.21. The highest BCUT2D eigenvalue weighted by molar-refractivity contribution is 5.78. The number of para-hydroxylation sites is 1. The van der Waals surface area contributed by atoms with Crippen molar-refractivity contribution in [1.29, 1.82) is 0 Å². The number of aromatic nitrogens is 1. The van der Waals surface area contributed by atoms with Crippen molar-refractivity contribution in [2.75, 3.05) is 37.6 Å². The second-order valence-corrected chi connectivity index (χ2v) is 7.07. The summed E-state index contributed by atoms with van der Waals surface area (Å²) in [5, 5.41) is 11.7. The molecule has 1 aliphatic rings. The Bertz CT molecular complexity index is 887. The van der Waals surface area contributed by atoms with E-state index in [0.29, 0.717) is 6.54 Å². The minimum absolute atomic E-state index is 0.551. The molecule has 2 aromatic carbocycles. The summed E-state index contributed by atoms with van der Waals surface area (Å²) in [4.78, 5) is 9.37. The minimum atomic E-state index is -0.551. The zero-order chi connectivity index (χ0) is 17.9. The fourth-order valence-corrected chi connectivity index (χ4v) is 3.62. The molecule has 1 atom stereocenters. The Balaban J connectivity index is 1.37. The molecular weight excluding hydrogens is 322 g/mol. The van der Waals surface area contributed by atoms with Gasteiger partial charge in [-0.05, 0) is 36.8 Å². The maximum absolute atomic E-state index is 10.6. The van der Waals surface area contributed by atoms with Gasteiger partial charge in [-0.25, -0.2) is 0 Å². The third-order valence-electron chi connectivity index (χ3n) is 5.13. The minimum Gasteiger partial charge on any atom is -0.385 e. The van der Waals surface area contributed by atoms with Gasteiger partial charge in [-0.15, -0.1) is 0 Å². The van der Waals surface area contributed by atoms with Crippen LogP contribution in [0.5, 0.6) is 0 Å². The van der Waals surface area contributed by atoms with E-state index in [1.807, 2.05) is 36.4 Å². The van der Waals surface area contributed by atoms with Crippen molar-refractivity contribution in [2.24, 2.45) is 0 Å². The van der Waals surface area contributed by atoms with Crippen molar-refractivity contribution in [3.05, 3.63) is 71.9 Å². The van der Waals surface area contributed by atoms with Crippen molar-refractivity contribution in [3.63, 3.8) is 0 Å². The Hall–Kier alpha value is -2.43. The van der Waals surface area contributed by atoms with Gasteiger partial charge in [0, 0.05) is 43.8 Å². The molecule has 0 amide bonds. The second-order valence-electron chi connectivity index (χ2n) is 7.07. The van der Waals surface area contributed by atoms with Gasteiger partial charge >= 0.3 is 0 Å². The lowest BCUT2D eigenvalue weighted by atomic mass is 10.1. The van der Waals surface area contributed by atoms with Crippen LogP contribution in [0.1, 0.15) is 17.4 Å². The molecule has 0 spiro atoms. The van der Waals surface area contributed by atoms with Crippen molar-refractivity contribution >= 4 is 16.6 Å². The van der Waals surface area contributed by atoms with Gasteiger partial charge in [-0.1, -0.05) is 36.4 Å². The molecule has 3 aromatic rings. The molecule has 26 heavy (non-hydrogen) atoms. The van der Waals surface area contributed by atoms with Gasteiger partial charge < -0.3 is 10.0 Å².